The van der Waals surface area contributed by atoms with Gasteiger partial charge >= 0.3 is 0 Å². The number of amides is 1. The molecule has 4 aromatic rings. The molecule has 4 rings (SSSR count). The predicted molar refractivity (Wildman–Crippen MR) is 116 cm³/mol. The van der Waals surface area contributed by atoms with Crippen LogP contribution in [0.4, 0.5) is 0 Å². The van der Waals surface area contributed by atoms with Crippen LogP contribution in [0.1, 0.15) is 17.3 Å². The summed E-state index contributed by atoms with van der Waals surface area (Å²) in [6, 6.07) is 13.0. The van der Waals surface area contributed by atoms with Crippen molar-refractivity contribution in [3.05, 3.63) is 70.0 Å². The van der Waals surface area contributed by atoms with Crippen molar-refractivity contribution in [1.82, 2.24) is 14.5 Å². The number of carbonyl (C=O) groups is 1. The van der Waals surface area contributed by atoms with Crippen LogP contribution in [0.2, 0.25) is 0 Å². The molecule has 0 saturated carbocycles. The van der Waals surface area contributed by atoms with Crippen LogP contribution in [0.3, 0.4) is 0 Å². The van der Waals surface area contributed by atoms with E-state index in [4.69, 9.17) is 4.74 Å². The quantitative estimate of drug-likeness (QED) is 0.489. The lowest BCUT2D eigenvalue weighted by Crippen LogP contribution is -2.35. The van der Waals surface area contributed by atoms with Gasteiger partial charge in [0.25, 0.3) is 11.5 Å². The van der Waals surface area contributed by atoms with Gasteiger partial charge in [0.05, 0.1) is 28.6 Å². The molecule has 6 nitrogen and oxygen atoms in total. The minimum Gasteiger partial charge on any atom is -0.383 e. The molecule has 0 N–H and O–H groups in total. The Balaban J connectivity index is 2.02. The highest BCUT2D eigenvalue weighted by Crippen LogP contribution is 2.29. The second-order valence-electron chi connectivity index (χ2n) is 6.63. The number of methoxy groups -OCH3 is 1. The highest BCUT2D eigenvalue weighted by molar-refractivity contribution is 7.18. The van der Waals surface area contributed by atoms with E-state index in [2.05, 4.69) is 5.10 Å². The van der Waals surface area contributed by atoms with E-state index in [1.165, 1.54) is 15.9 Å². The smallest absolute Gasteiger partial charge is 0.279 e. The van der Waals surface area contributed by atoms with Gasteiger partial charge in [0.15, 0.2) is 0 Å². The third kappa shape index (κ3) is 3.43. The number of aromatic nitrogens is 2. The van der Waals surface area contributed by atoms with Crippen LogP contribution >= 0.6 is 11.3 Å². The fourth-order valence-electron chi connectivity index (χ4n) is 3.43. The van der Waals surface area contributed by atoms with Gasteiger partial charge in [-0.3, -0.25) is 9.59 Å². The van der Waals surface area contributed by atoms with Gasteiger partial charge < -0.3 is 9.64 Å². The number of pyridine rings is 1. The maximum atomic E-state index is 13.5. The number of fused-ring (bicyclic) bond motifs is 3. The molecule has 0 aliphatic carbocycles. The van der Waals surface area contributed by atoms with E-state index in [-0.39, 0.29) is 11.5 Å². The highest BCUT2D eigenvalue weighted by atomic mass is 32.1. The Morgan fingerprint density at radius 2 is 2.03 bits per heavy atom. The third-order valence-electron chi connectivity index (χ3n) is 4.95. The fourth-order valence-corrected chi connectivity index (χ4v) is 4.34. The highest BCUT2D eigenvalue weighted by Gasteiger charge is 2.23. The van der Waals surface area contributed by atoms with Crippen LogP contribution < -0.4 is 5.56 Å². The lowest BCUT2D eigenvalue weighted by molar-refractivity contribution is 0.0708. The molecule has 0 saturated heterocycles. The van der Waals surface area contributed by atoms with E-state index in [1.54, 1.807) is 24.3 Å². The van der Waals surface area contributed by atoms with Gasteiger partial charge in [-0.2, -0.15) is 9.61 Å². The number of likely N-dealkylation sites (N-methyl/N-ethyl adjacent to an activating group) is 1. The fraction of sp³-hybridized carbons (Fsp3) is 0.227. The van der Waals surface area contributed by atoms with Crippen molar-refractivity contribution in [3.63, 3.8) is 0 Å². The van der Waals surface area contributed by atoms with E-state index in [0.29, 0.717) is 36.3 Å². The van der Waals surface area contributed by atoms with Crippen LogP contribution in [0.5, 0.6) is 0 Å². The molecule has 0 aliphatic heterocycles. The molecule has 1 amide bonds. The Morgan fingerprint density at radius 1 is 1.24 bits per heavy atom. The van der Waals surface area contributed by atoms with Crippen molar-refractivity contribution < 1.29 is 9.53 Å². The van der Waals surface area contributed by atoms with E-state index < -0.39 is 0 Å². The molecule has 0 unspecified atom stereocenters. The summed E-state index contributed by atoms with van der Waals surface area (Å²) < 4.78 is 7.40. The summed E-state index contributed by atoms with van der Waals surface area (Å²) in [5.41, 5.74) is 2.01. The predicted octanol–water partition coefficient (Wildman–Crippen LogP) is 3.68. The van der Waals surface area contributed by atoms with Gasteiger partial charge in [0.2, 0.25) is 0 Å². The van der Waals surface area contributed by atoms with E-state index in [1.807, 2.05) is 48.7 Å². The van der Waals surface area contributed by atoms with Crippen molar-refractivity contribution in [1.29, 1.82) is 0 Å². The summed E-state index contributed by atoms with van der Waals surface area (Å²) in [5, 5.41) is 7.23. The van der Waals surface area contributed by atoms with Crippen LogP contribution in [0, 0.1) is 0 Å². The van der Waals surface area contributed by atoms with Crippen molar-refractivity contribution >= 4 is 32.8 Å². The summed E-state index contributed by atoms with van der Waals surface area (Å²) in [6.07, 6.45) is 1.67. The first-order valence-electron chi connectivity index (χ1n) is 9.41. The Bertz CT molecular complexity index is 1230. The van der Waals surface area contributed by atoms with Crippen LogP contribution in [-0.4, -0.2) is 47.2 Å². The Hall–Kier alpha value is -3.03. The molecular weight excluding hydrogens is 386 g/mol. The molecule has 7 heteroatoms. The van der Waals surface area contributed by atoms with Crippen LogP contribution in [0.15, 0.2) is 58.8 Å². The second kappa shape index (κ2) is 8.14. The number of benzene rings is 1. The summed E-state index contributed by atoms with van der Waals surface area (Å²) in [5.74, 6) is -0.137. The van der Waals surface area contributed by atoms with Crippen molar-refractivity contribution in [2.24, 2.45) is 0 Å². The molecule has 0 atom stereocenters. The SMILES string of the molecule is CCN(CCOC)C(=O)c1cc(-c2ccccc2)c(=O)n2ncc3ccsc3c12. The van der Waals surface area contributed by atoms with Gasteiger partial charge in [0, 0.05) is 31.1 Å². The monoisotopic (exact) mass is 407 g/mol. The number of hydrogen-bond acceptors (Lipinski definition) is 5. The Kier molecular flexibility index (Phi) is 5.42. The number of thiophene rings is 1. The third-order valence-corrected chi connectivity index (χ3v) is 5.89. The molecule has 0 aliphatic rings. The van der Waals surface area contributed by atoms with E-state index >= 15 is 0 Å². The van der Waals surface area contributed by atoms with Crippen LogP contribution in [0.25, 0.3) is 26.7 Å². The average Bonchev–Trinajstić information content (AvgIpc) is 3.24. The Labute approximate surface area is 172 Å². The first-order chi connectivity index (χ1) is 14.2. The number of hydrogen-bond donors (Lipinski definition) is 0. The zero-order valence-electron chi connectivity index (χ0n) is 16.3. The standard InChI is InChI=1S/C22H21N3O3S/c1-3-24(10-11-28-2)21(26)18-13-17(15-7-5-4-6-8-15)22(27)25-19(18)20-16(14-23-25)9-12-29-20/h4-9,12-14H,3,10-11H2,1-2H3. The van der Waals surface area contributed by atoms with Crippen molar-refractivity contribution in [2.75, 3.05) is 26.8 Å². The van der Waals surface area contributed by atoms with E-state index in [9.17, 15) is 9.59 Å². The van der Waals surface area contributed by atoms with Crippen LogP contribution in [-0.2, 0) is 4.74 Å². The molecule has 0 bridgehead atoms. The Morgan fingerprint density at radius 3 is 2.76 bits per heavy atom. The largest absolute Gasteiger partial charge is 0.383 e. The van der Waals surface area contributed by atoms with E-state index in [0.717, 1.165) is 15.6 Å². The van der Waals surface area contributed by atoms with Gasteiger partial charge in [-0.25, -0.2) is 0 Å². The zero-order valence-corrected chi connectivity index (χ0v) is 17.1. The summed E-state index contributed by atoms with van der Waals surface area (Å²) in [6.45, 7) is 3.40. The average molecular weight is 407 g/mol. The first-order valence-corrected chi connectivity index (χ1v) is 10.3. The van der Waals surface area contributed by atoms with Gasteiger partial charge in [-0.15, -0.1) is 11.3 Å². The molecule has 29 heavy (non-hydrogen) atoms. The summed E-state index contributed by atoms with van der Waals surface area (Å²) in [7, 11) is 1.61. The van der Waals surface area contributed by atoms with Gasteiger partial charge in [-0.1, -0.05) is 30.3 Å². The normalized spacial score (nSPS) is 11.2. The minimum absolute atomic E-state index is 0.137. The molecule has 148 valence electrons. The minimum atomic E-state index is -0.238. The first kappa shape index (κ1) is 19.3. The topological polar surface area (TPSA) is 63.9 Å². The molecule has 0 fully saturated rings. The molecule has 3 heterocycles. The van der Waals surface area contributed by atoms with Crippen molar-refractivity contribution in [2.45, 2.75) is 6.92 Å². The number of carbonyl (C=O) groups excluding carboxylic acids is 1. The van der Waals surface area contributed by atoms with Gasteiger partial charge in [-0.05, 0) is 30.0 Å². The lowest BCUT2D eigenvalue weighted by Gasteiger charge is -2.22. The number of rotatable bonds is 6. The molecule has 1 aromatic carbocycles. The molecule has 0 spiro atoms. The van der Waals surface area contributed by atoms with Gasteiger partial charge in [0.1, 0.15) is 0 Å². The molecule has 3 aromatic heterocycles. The maximum absolute atomic E-state index is 13.5. The molecular formula is C22H21N3O3S. The molecule has 0 radical (unpaired) electrons. The number of ether oxygens (including phenoxy) is 1. The maximum Gasteiger partial charge on any atom is 0.279 e. The second-order valence-corrected chi connectivity index (χ2v) is 7.55. The zero-order chi connectivity index (χ0) is 20.4. The lowest BCUT2D eigenvalue weighted by atomic mass is 10.0. The summed E-state index contributed by atoms with van der Waals surface area (Å²) >= 11 is 1.50. The van der Waals surface area contributed by atoms with Crippen molar-refractivity contribution in [3.8, 4) is 11.1 Å². The summed E-state index contributed by atoms with van der Waals surface area (Å²) in [4.78, 5) is 28.5. The number of nitrogens with zero attached hydrogens (tertiary/aromatic N) is 3.